The predicted molar refractivity (Wildman–Crippen MR) is 126 cm³/mol. The molecule has 3 rings (SSSR count). The van der Waals surface area contributed by atoms with Crippen LogP contribution in [0, 0.1) is 17.1 Å². The summed E-state index contributed by atoms with van der Waals surface area (Å²) < 4.78 is 24.7. The van der Waals surface area contributed by atoms with Gasteiger partial charge in [0.25, 0.3) is 5.91 Å². The molecule has 0 aliphatic carbocycles. The summed E-state index contributed by atoms with van der Waals surface area (Å²) in [5.74, 6) is 0.0404. The summed E-state index contributed by atoms with van der Waals surface area (Å²) >= 11 is 0. The lowest BCUT2D eigenvalue weighted by atomic mass is 10.0. The maximum atomic E-state index is 13.1. The van der Waals surface area contributed by atoms with Crippen molar-refractivity contribution in [3.05, 3.63) is 107 Å². The number of hydrogen-bond donors (Lipinski definition) is 1. The second kappa shape index (κ2) is 11.3. The Balaban J connectivity index is 1.89. The van der Waals surface area contributed by atoms with Crippen LogP contribution in [-0.2, 0) is 17.8 Å². The molecule has 0 aromatic heterocycles. The Hall–Kier alpha value is -4.37. The second-order valence-corrected chi connectivity index (χ2v) is 7.11. The molecule has 0 radical (unpaired) electrons. The lowest BCUT2D eigenvalue weighted by Crippen LogP contribution is -2.13. The third-order valence-corrected chi connectivity index (χ3v) is 4.74. The Morgan fingerprint density at radius 3 is 2.52 bits per heavy atom. The van der Waals surface area contributed by atoms with Crippen molar-refractivity contribution in [1.29, 1.82) is 5.26 Å². The molecular weight excluding hydrogens is 419 g/mol. The molecular formula is C27H23FN2O3. The highest BCUT2D eigenvalue weighted by atomic mass is 19.1. The van der Waals surface area contributed by atoms with Gasteiger partial charge in [-0.05, 0) is 60.0 Å². The number of carbonyl (C=O) groups is 1. The number of hydrogen-bond acceptors (Lipinski definition) is 4. The first-order valence-electron chi connectivity index (χ1n) is 10.2. The van der Waals surface area contributed by atoms with Gasteiger partial charge in [-0.1, -0.05) is 36.4 Å². The Bertz CT molecular complexity index is 1200. The summed E-state index contributed by atoms with van der Waals surface area (Å²) in [6.07, 6.45) is 3.71. The van der Waals surface area contributed by atoms with E-state index in [0.29, 0.717) is 35.8 Å². The van der Waals surface area contributed by atoms with Crippen LogP contribution < -0.4 is 14.8 Å². The Labute approximate surface area is 192 Å². The molecule has 166 valence electrons. The first kappa shape index (κ1) is 23.3. The van der Waals surface area contributed by atoms with Gasteiger partial charge in [0, 0.05) is 11.3 Å². The van der Waals surface area contributed by atoms with Crippen LogP contribution in [0.5, 0.6) is 11.5 Å². The number of ether oxygens (including phenoxy) is 2. The summed E-state index contributed by atoms with van der Waals surface area (Å²) in [7, 11) is 1.53. The van der Waals surface area contributed by atoms with E-state index in [1.54, 1.807) is 12.1 Å². The number of carbonyl (C=O) groups excluding carboxylic acids is 1. The minimum Gasteiger partial charge on any atom is -0.493 e. The van der Waals surface area contributed by atoms with Crippen LogP contribution in [0.25, 0.3) is 6.08 Å². The molecule has 6 heteroatoms. The van der Waals surface area contributed by atoms with Crippen molar-refractivity contribution in [2.45, 2.75) is 13.0 Å². The van der Waals surface area contributed by atoms with E-state index in [4.69, 9.17) is 9.47 Å². The number of amides is 1. The predicted octanol–water partition coefficient (Wildman–Crippen LogP) is 5.69. The van der Waals surface area contributed by atoms with Crippen LogP contribution >= 0.6 is 0 Å². The molecule has 0 unspecified atom stereocenters. The van der Waals surface area contributed by atoms with Crippen molar-refractivity contribution in [1.82, 2.24) is 0 Å². The van der Waals surface area contributed by atoms with Crippen molar-refractivity contribution in [3.63, 3.8) is 0 Å². The van der Waals surface area contributed by atoms with Gasteiger partial charge in [0.15, 0.2) is 11.5 Å². The summed E-state index contributed by atoms with van der Waals surface area (Å²) in [5.41, 5.74) is 2.70. The lowest BCUT2D eigenvalue weighted by Gasteiger charge is -2.16. The van der Waals surface area contributed by atoms with Gasteiger partial charge in [0.05, 0.1) is 7.11 Å². The minimum atomic E-state index is -0.599. The van der Waals surface area contributed by atoms with Crippen LogP contribution in [0.4, 0.5) is 10.1 Å². The van der Waals surface area contributed by atoms with Gasteiger partial charge < -0.3 is 14.8 Å². The smallest absolute Gasteiger partial charge is 0.266 e. The van der Waals surface area contributed by atoms with E-state index in [1.165, 1.54) is 37.5 Å². The van der Waals surface area contributed by atoms with Crippen molar-refractivity contribution < 1.29 is 18.7 Å². The largest absolute Gasteiger partial charge is 0.493 e. The van der Waals surface area contributed by atoms with Crippen molar-refractivity contribution in [2.24, 2.45) is 0 Å². The number of nitrogens with zero attached hydrogens (tertiary/aromatic N) is 1. The van der Waals surface area contributed by atoms with Crippen LogP contribution in [-0.4, -0.2) is 13.0 Å². The Kier molecular flexibility index (Phi) is 7.98. The molecule has 0 saturated heterocycles. The van der Waals surface area contributed by atoms with Crippen LogP contribution in [0.3, 0.4) is 0 Å². The molecule has 1 amide bonds. The van der Waals surface area contributed by atoms with E-state index in [9.17, 15) is 14.4 Å². The highest BCUT2D eigenvalue weighted by molar-refractivity contribution is 6.09. The molecule has 3 aromatic rings. The highest BCUT2D eigenvalue weighted by Crippen LogP contribution is 2.35. The van der Waals surface area contributed by atoms with E-state index in [1.807, 2.05) is 42.5 Å². The number of methoxy groups -OCH3 is 1. The molecule has 3 aromatic carbocycles. The molecule has 0 aliphatic rings. The Morgan fingerprint density at radius 2 is 1.88 bits per heavy atom. The average Bonchev–Trinajstić information content (AvgIpc) is 2.83. The number of anilines is 1. The number of allylic oxidation sites excluding steroid dienone is 1. The van der Waals surface area contributed by atoms with Crippen LogP contribution in [0.15, 0.2) is 85.0 Å². The van der Waals surface area contributed by atoms with E-state index in [0.717, 1.165) is 11.1 Å². The molecule has 0 fully saturated rings. The summed E-state index contributed by atoms with van der Waals surface area (Å²) in [6, 6.07) is 20.5. The normalized spacial score (nSPS) is 10.8. The number of halogens is 1. The van der Waals surface area contributed by atoms with Gasteiger partial charge in [-0.2, -0.15) is 5.26 Å². The zero-order valence-corrected chi connectivity index (χ0v) is 18.2. The fourth-order valence-corrected chi connectivity index (χ4v) is 3.17. The first-order valence-corrected chi connectivity index (χ1v) is 10.2. The standard InChI is InChI=1S/C27H23FN2O3/c1-3-7-21-14-20(15-22(17-29)27(31)30-24-12-10-23(28)11-13-24)16-25(32-2)26(21)33-18-19-8-5-4-6-9-19/h3-6,8-16H,1,7,18H2,2H3,(H,30,31)/b22-15+. The van der Waals surface area contributed by atoms with Crippen molar-refractivity contribution in [3.8, 4) is 17.6 Å². The fourth-order valence-electron chi connectivity index (χ4n) is 3.17. The Morgan fingerprint density at radius 1 is 1.15 bits per heavy atom. The van der Waals surface area contributed by atoms with E-state index in [2.05, 4.69) is 11.9 Å². The molecule has 0 bridgehead atoms. The van der Waals surface area contributed by atoms with E-state index >= 15 is 0 Å². The SMILES string of the molecule is C=CCc1cc(/C=C(\C#N)C(=O)Nc2ccc(F)cc2)cc(OC)c1OCc1ccccc1. The summed E-state index contributed by atoms with van der Waals surface area (Å²) in [4.78, 5) is 12.6. The summed E-state index contributed by atoms with van der Waals surface area (Å²) in [6.45, 7) is 4.17. The molecule has 1 N–H and O–H groups in total. The molecule has 5 nitrogen and oxygen atoms in total. The molecule has 0 saturated carbocycles. The third-order valence-electron chi connectivity index (χ3n) is 4.74. The van der Waals surface area contributed by atoms with Gasteiger partial charge in [-0.25, -0.2) is 4.39 Å². The maximum absolute atomic E-state index is 13.1. The zero-order valence-electron chi connectivity index (χ0n) is 18.2. The molecule has 0 atom stereocenters. The van der Waals surface area contributed by atoms with Gasteiger partial charge in [-0.15, -0.1) is 6.58 Å². The van der Waals surface area contributed by atoms with Gasteiger partial charge in [0.1, 0.15) is 24.1 Å². The first-order chi connectivity index (χ1) is 16.0. The molecule has 33 heavy (non-hydrogen) atoms. The number of nitriles is 1. The van der Waals surface area contributed by atoms with E-state index < -0.39 is 11.7 Å². The zero-order chi connectivity index (χ0) is 23.6. The van der Waals surface area contributed by atoms with Gasteiger partial charge in [0.2, 0.25) is 0 Å². The van der Waals surface area contributed by atoms with Crippen LogP contribution in [0.1, 0.15) is 16.7 Å². The third kappa shape index (κ3) is 6.31. The number of rotatable bonds is 9. The highest BCUT2D eigenvalue weighted by Gasteiger charge is 2.15. The fraction of sp³-hybridized carbons (Fsp3) is 0.111. The van der Waals surface area contributed by atoms with Crippen molar-refractivity contribution >= 4 is 17.7 Å². The summed E-state index contributed by atoms with van der Waals surface area (Å²) in [5, 5.41) is 12.1. The van der Waals surface area contributed by atoms with Gasteiger partial charge >= 0.3 is 0 Å². The average molecular weight is 442 g/mol. The lowest BCUT2D eigenvalue weighted by molar-refractivity contribution is -0.112. The number of benzene rings is 3. The molecule has 0 spiro atoms. The molecule has 0 aliphatic heterocycles. The van der Waals surface area contributed by atoms with Crippen molar-refractivity contribution in [2.75, 3.05) is 12.4 Å². The second-order valence-electron chi connectivity index (χ2n) is 7.11. The minimum absolute atomic E-state index is 0.108. The number of nitrogens with one attached hydrogen (secondary N) is 1. The quantitative estimate of drug-likeness (QED) is 0.263. The van der Waals surface area contributed by atoms with Crippen LogP contribution in [0.2, 0.25) is 0 Å². The topological polar surface area (TPSA) is 71.4 Å². The monoisotopic (exact) mass is 442 g/mol. The van der Waals surface area contributed by atoms with Gasteiger partial charge in [-0.3, -0.25) is 4.79 Å². The molecule has 0 heterocycles. The maximum Gasteiger partial charge on any atom is 0.266 e. The van der Waals surface area contributed by atoms with E-state index in [-0.39, 0.29) is 5.57 Å².